The molecular weight excluding hydrogens is 324 g/mol. The third-order valence-corrected chi connectivity index (χ3v) is 4.51. The quantitative estimate of drug-likeness (QED) is 0.588. The summed E-state index contributed by atoms with van der Waals surface area (Å²) in [6.07, 6.45) is -0.255. The third kappa shape index (κ3) is 4.60. The molecule has 26 heavy (non-hydrogen) atoms. The van der Waals surface area contributed by atoms with Crippen LogP contribution in [0.1, 0.15) is 79.8 Å². The number of rotatable bonds is 4. The van der Waals surface area contributed by atoms with E-state index in [4.69, 9.17) is 0 Å². The highest BCUT2D eigenvalue weighted by molar-refractivity contribution is 6.14. The van der Waals surface area contributed by atoms with Crippen LogP contribution in [0.2, 0.25) is 0 Å². The first-order valence-corrected chi connectivity index (χ1v) is 8.90. The van der Waals surface area contributed by atoms with Crippen LogP contribution in [0.15, 0.2) is 42.5 Å². The molecule has 2 aromatic rings. The second-order valence-corrected chi connectivity index (χ2v) is 8.84. The van der Waals surface area contributed by atoms with Gasteiger partial charge in [0.1, 0.15) is 5.75 Å². The van der Waals surface area contributed by atoms with Crippen molar-refractivity contribution in [3.8, 4) is 5.75 Å². The molecule has 0 atom stereocenters. The van der Waals surface area contributed by atoms with Crippen molar-refractivity contribution < 1.29 is 14.7 Å². The van der Waals surface area contributed by atoms with Crippen molar-refractivity contribution in [2.75, 3.05) is 0 Å². The molecule has 3 nitrogen and oxygen atoms in total. The lowest BCUT2D eigenvalue weighted by Crippen LogP contribution is -2.18. The van der Waals surface area contributed by atoms with Crippen molar-refractivity contribution in [3.05, 3.63) is 64.7 Å². The molecule has 0 aliphatic carbocycles. The van der Waals surface area contributed by atoms with Crippen LogP contribution in [-0.2, 0) is 10.8 Å². The Morgan fingerprint density at radius 1 is 0.808 bits per heavy atom. The molecule has 0 unspecified atom stereocenters. The van der Waals surface area contributed by atoms with E-state index < -0.39 is 0 Å². The second kappa shape index (κ2) is 7.06. The number of para-hydroxylation sites is 1. The van der Waals surface area contributed by atoms with Gasteiger partial charge in [0.15, 0.2) is 11.6 Å². The lowest BCUT2D eigenvalue weighted by molar-refractivity contribution is 0.0893. The van der Waals surface area contributed by atoms with Crippen LogP contribution in [0.25, 0.3) is 0 Å². The molecule has 0 aliphatic heterocycles. The predicted molar refractivity (Wildman–Crippen MR) is 105 cm³/mol. The average Bonchev–Trinajstić information content (AvgIpc) is 2.53. The second-order valence-electron chi connectivity index (χ2n) is 8.84. The van der Waals surface area contributed by atoms with Gasteiger partial charge in [0.05, 0.1) is 12.0 Å². The minimum atomic E-state index is -0.369. The first-order chi connectivity index (χ1) is 11.9. The molecule has 1 N–H and O–H groups in total. The number of hydrogen-bond donors (Lipinski definition) is 1. The first kappa shape index (κ1) is 19.9. The third-order valence-electron chi connectivity index (χ3n) is 4.51. The van der Waals surface area contributed by atoms with Crippen molar-refractivity contribution in [3.63, 3.8) is 0 Å². The summed E-state index contributed by atoms with van der Waals surface area (Å²) in [5, 5.41) is 9.83. The van der Waals surface area contributed by atoms with Crippen LogP contribution in [0.4, 0.5) is 0 Å². The highest BCUT2D eigenvalue weighted by Crippen LogP contribution is 2.31. The summed E-state index contributed by atoms with van der Waals surface area (Å²) in [7, 11) is 0. The molecule has 0 radical (unpaired) electrons. The zero-order valence-electron chi connectivity index (χ0n) is 16.5. The molecule has 0 saturated heterocycles. The van der Waals surface area contributed by atoms with Crippen molar-refractivity contribution in [1.82, 2.24) is 0 Å². The molecule has 3 heteroatoms. The minimum Gasteiger partial charge on any atom is -0.507 e. The van der Waals surface area contributed by atoms with E-state index in [0.717, 1.165) is 11.1 Å². The molecule has 2 aromatic carbocycles. The number of aromatic hydroxyl groups is 1. The Labute approximate surface area is 156 Å². The van der Waals surface area contributed by atoms with Crippen LogP contribution >= 0.6 is 0 Å². The van der Waals surface area contributed by atoms with Gasteiger partial charge in [-0.1, -0.05) is 59.7 Å². The molecule has 138 valence electrons. The molecule has 0 amide bonds. The SMILES string of the molecule is CC(C)(C)c1cc(C(=O)CC(=O)c2ccccc2O)cc(C(C)(C)C)c1. The van der Waals surface area contributed by atoms with Crippen LogP contribution in [0.5, 0.6) is 5.75 Å². The van der Waals surface area contributed by atoms with Gasteiger partial charge in [-0.3, -0.25) is 9.59 Å². The van der Waals surface area contributed by atoms with Crippen LogP contribution < -0.4 is 0 Å². The number of carbonyl (C=O) groups excluding carboxylic acids is 2. The Morgan fingerprint density at radius 3 is 1.77 bits per heavy atom. The van der Waals surface area contributed by atoms with Crippen LogP contribution in [-0.4, -0.2) is 16.7 Å². The maximum absolute atomic E-state index is 12.8. The summed E-state index contributed by atoms with van der Waals surface area (Å²) in [6.45, 7) is 12.6. The maximum Gasteiger partial charge on any atom is 0.174 e. The molecule has 0 fully saturated rings. The number of Topliss-reactive ketones (excluding diaryl/α,β-unsaturated/α-hetero) is 2. The summed E-state index contributed by atoms with van der Waals surface area (Å²) in [4.78, 5) is 25.2. The van der Waals surface area contributed by atoms with Gasteiger partial charge in [-0.2, -0.15) is 0 Å². The number of benzene rings is 2. The number of phenolic OH excluding ortho intramolecular Hbond substituents is 1. The standard InChI is InChI=1S/C23H28O3/c1-22(2,3)16-11-15(12-17(13-16)23(4,5)6)20(25)14-21(26)18-9-7-8-10-19(18)24/h7-13,24H,14H2,1-6H3. The Bertz CT molecular complexity index is 801. The first-order valence-electron chi connectivity index (χ1n) is 8.90. The Morgan fingerprint density at radius 2 is 1.31 bits per heavy atom. The zero-order chi connectivity index (χ0) is 19.7. The molecule has 0 aliphatic rings. The summed E-state index contributed by atoms with van der Waals surface area (Å²) in [6, 6.07) is 12.2. The van der Waals surface area contributed by atoms with Crippen molar-refractivity contribution >= 4 is 11.6 Å². The fourth-order valence-corrected chi connectivity index (χ4v) is 2.71. The maximum atomic E-state index is 12.8. The van der Waals surface area contributed by atoms with E-state index in [9.17, 15) is 14.7 Å². The fourth-order valence-electron chi connectivity index (χ4n) is 2.71. The topological polar surface area (TPSA) is 54.4 Å². The summed E-state index contributed by atoms with van der Waals surface area (Å²) in [5.41, 5.74) is 2.68. The van der Waals surface area contributed by atoms with E-state index in [0.29, 0.717) is 5.56 Å². The van der Waals surface area contributed by atoms with E-state index in [2.05, 4.69) is 47.6 Å². The molecular formula is C23H28O3. The monoisotopic (exact) mass is 352 g/mol. The van der Waals surface area contributed by atoms with E-state index in [-0.39, 0.29) is 40.1 Å². The fraction of sp³-hybridized carbons (Fsp3) is 0.391. The van der Waals surface area contributed by atoms with Crippen molar-refractivity contribution in [2.24, 2.45) is 0 Å². The van der Waals surface area contributed by atoms with Crippen molar-refractivity contribution in [2.45, 2.75) is 58.8 Å². The Kier molecular flexibility index (Phi) is 5.41. The predicted octanol–water partition coefficient (Wildman–Crippen LogP) is 5.44. The lowest BCUT2D eigenvalue weighted by Gasteiger charge is -2.26. The van der Waals surface area contributed by atoms with Crippen LogP contribution in [0.3, 0.4) is 0 Å². The van der Waals surface area contributed by atoms with Crippen LogP contribution in [0, 0.1) is 0 Å². The number of phenols is 1. The summed E-state index contributed by atoms with van der Waals surface area (Å²) < 4.78 is 0. The highest BCUT2D eigenvalue weighted by Gasteiger charge is 2.23. The molecule has 0 bridgehead atoms. The molecule has 0 saturated carbocycles. The Hall–Kier alpha value is -2.42. The zero-order valence-corrected chi connectivity index (χ0v) is 16.5. The molecule has 0 aromatic heterocycles. The average molecular weight is 352 g/mol. The largest absolute Gasteiger partial charge is 0.507 e. The van der Waals surface area contributed by atoms with Crippen molar-refractivity contribution in [1.29, 1.82) is 0 Å². The number of ketones is 2. The van der Waals surface area contributed by atoms with Gasteiger partial charge in [0.2, 0.25) is 0 Å². The van der Waals surface area contributed by atoms with E-state index in [1.165, 1.54) is 12.1 Å². The van der Waals surface area contributed by atoms with Gasteiger partial charge in [-0.25, -0.2) is 0 Å². The lowest BCUT2D eigenvalue weighted by atomic mass is 9.79. The number of carbonyl (C=O) groups is 2. The normalized spacial score (nSPS) is 12.1. The van der Waals surface area contributed by atoms with E-state index in [1.807, 2.05) is 12.1 Å². The van der Waals surface area contributed by atoms with E-state index >= 15 is 0 Å². The van der Waals surface area contributed by atoms with Gasteiger partial charge >= 0.3 is 0 Å². The smallest absolute Gasteiger partial charge is 0.174 e. The van der Waals surface area contributed by atoms with E-state index in [1.54, 1.807) is 12.1 Å². The van der Waals surface area contributed by atoms with Gasteiger partial charge in [0, 0.05) is 5.56 Å². The van der Waals surface area contributed by atoms with Gasteiger partial charge in [0.25, 0.3) is 0 Å². The Balaban J connectivity index is 2.39. The summed E-state index contributed by atoms with van der Waals surface area (Å²) in [5.74, 6) is -0.689. The van der Waals surface area contributed by atoms with Gasteiger partial charge < -0.3 is 5.11 Å². The highest BCUT2D eigenvalue weighted by atomic mass is 16.3. The summed E-state index contributed by atoms with van der Waals surface area (Å²) >= 11 is 0. The molecule has 0 spiro atoms. The number of hydrogen-bond acceptors (Lipinski definition) is 3. The van der Waals surface area contributed by atoms with Gasteiger partial charge in [-0.15, -0.1) is 0 Å². The minimum absolute atomic E-state index is 0.0934. The molecule has 0 heterocycles. The van der Waals surface area contributed by atoms with Gasteiger partial charge in [-0.05, 0) is 46.2 Å². The molecule has 2 rings (SSSR count).